The molecule has 0 N–H and O–H groups in total. The molecule has 3 aliphatic rings. The summed E-state index contributed by atoms with van der Waals surface area (Å²) >= 11 is 0. The second kappa shape index (κ2) is 5.79. The highest BCUT2D eigenvalue weighted by Gasteiger charge is 2.45. The second-order valence-electron chi connectivity index (χ2n) is 7.91. The summed E-state index contributed by atoms with van der Waals surface area (Å²) in [5, 5.41) is 0. The monoisotopic (exact) mass is 295 g/mol. The van der Waals surface area contributed by atoms with E-state index >= 15 is 0 Å². The van der Waals surface area contributed by atoms with Crippen LogP contribution in [0.3, 0.4) is 0 Å². The Balaban J connectivity index is 1.57. The largest absolute Gasteiger partial charge is 0.444 e. The van der Waals surface area contributed by atoms with E-state index in [4.69, 9.17) is 9.47 Å². The van der Waals surface area contributed by atoms with Crippen LogP contribution in [0.2, 0.25) is 0 Å². The number of ether oxygens (including phenoxy) is 2. The van der Waals surface area contributed by atoms with Crippen LogP contribution in [0, 0.1) is 0 Å². The predicted molar refractivity (Wildman–Crippen MR) is 81.2 cm³/mol. The van der Waals surface area contributed by atoms with Gasteiger partial charge in [0, 0.05) is 12.1 Å². The molecule has 120 valence electrons. The van der Waals surface area contributed by atoms with Crippen LogP contribution < -0.4 is 0 Å². The van der Waals surface area contributed by atoms with Crippen molar-refractivity contribution in [2.45, 2.75) is 102 Å². The van der Waals surface area contributed by atoms with Gasteiger partial charge in [0.2, 0.25) is 0 Å². The topological polar surface area (TPSA) is 38.8 Å². The van der Waals surface area contributed by atoms with Crippen molar-refractivity contribution in [2.75, 3.05) is 0 Å². The number of nitrogens with zero attached hydrogens (tertiary/aromatic N) is 1. The molecule has 2 bridgehead atoms. The second-order valence-corrected chi connectivity index (χ2v) is 7.91. The number of carbonyl (C=O) groups is 1. The fourth-order valence-electron chi connectivity index (χ4n) is 4.15. The van der Waals surface area contributed by atoms with Gasteiger partial charge in [0.15, 0.2) is 0 Å². The molecule has 0 spiro atoms. The summed E-state index contributed by atoms with van der Waals surface area (Å²) in [6.07, 6.45) is 9.97. The first-order valence-electron chi connectivity index (χ1n) is 8.59. The first-order valence-corrected chi connectivity index (χ1v) is 8.59. The number of piperidine rings is 1. The van der Waals surface area contributed by atoms with Crippen LogP contribution in [0.1, 0.15) is 72.1 Å². The molecule has 0 aromatic heterocycles. The number of rotatable bonds is 2. The zero-order chi connectivity index (χ0) is 15.0. The Bertz CT molecular complexity index is 370. The molecule has 2 aliphatic heterocycles. The molecule has 3 fully saturated rings. The molecule has 0 radical (unpaired) electrons. The third-order valence-corrected chi connectivity index (χ3v) is 4.98. The minimum Gasteiger partial charge on any atom is -0.444 e. The summed E-state index contributed by atoms with van der Waals surface area (Å²) in [6, 6.07) is 0.648. The molecule has 1 saturated carbocycles. The lowest BCUT2D eigenvalue weighted by molar-refractivity contribution is -0.0617. The number of amides is 1. The van der Waals surface area contributed by atoms with Crippen molar-refractivity contribution < 1.29 is 14.3 Å². The summed E-state index contributed by atoms with van der Waals surface area (Å²) in [5.74, 6) is 0. The molecule has 21 heavy (non-hydrogen) atoms. The first kappa shape index (κ1) is 15.1. The van der Waals surface area contributed by atoms with Crippen LogP contribution in [0.25, 0.3) is 0 Å². The van der Waals surface area contributed by atoms with Crippen molar-refractivity contribution in [3.63, 3.8) is 0 Å². The first-order chi connectivity index (χ1) is 9.92. The Morgan fingerprint density at radius 3 is 2.05 bits per heavy atom. The van der Waals surface area contributed by atoms with Gasteiger partial charge in [-0.25, -0.2) is 4.79 Å². The molecule has 1 aliphatic carbocycles. The lowest BCUT2D eigenvalue weighted by Crippen LogP contribution is -2.50. The van der Waals surface area contributed by atoms with E-state index in [-0.39, 0.29) is 6.09 Å². The zero-order valence-electron chi connectivity index (χ0n) is 13.6. The van der Waals surface area contributed by atoms with Crippen LogP contribution in [0.15, 0.2) is 0 Å². The van der Waals surface area contributed by atoms with E-state index in [1.165, 1.54) is 25.7 Å². The Morgan fingerprint density at radius 2 is 1.52 bits per heavy atom. The minimum atomic E-state index is -0.409. The third-order valence-electron chi connectivity index (χ3n) is 4.98. The molecule has 4 nitrogen and oxygen atoms in total. The molecule has 3 atom stereocenters. The Hall–Kier alpha value is -0.770. The molecule has 0 aromatic rings. The van der Waals surface area contributed by atoms with Gasteiger partial charge in [0.25, 0.3) is 0 Å². The van der Waals surface area contributed by atoms with E-state index < -0.39 is 5.60 Å². The van der Waals surface area contributed by atoms with Gasteiger partial charge >= 0.3 is 6.09 Å². The standard InChI is InChI=1S/C17H29NO3/c1-17(2,3)21-16(19)18-12-8-9-13(18)11-15(10-12)20-14-6-4-5-7-14/h12-15H,4-11H2,1-3H3/t12-,13+,15?. The highest BCUT2D eigenvalue weighted by Crippen LogP contribution is 2.39. The quantitative estimate of drug-likeness (QED) is 0.776. The van der Waals surface area contributed by atoms with E-state index in [1.54, 1.807) is 0 Å². The average molecular weight is 295 g/mol. The van der Waals surface area contributed by atoms with Gasteiger partial charge in [-0.05, 0) is 59.3 Å². The molecule has 0 aromatic carbocycles. The van der Waals surface area contributed by atoms with Crippen LogP contribution in [0.5, 0.6) is 0 Å². The maximum Gasteiger partial charge on any atom is 0.410 e. The fourth-order valence-corrected chi connectivity index (χ4v) is 4.15. The molecular weight excluding hydrogens is 266 g/mol. The number of fused-ring (bicyclic) bond motifs is 2. The minimum absolute atomic E-state index is 0.130. The highest BCUT2D eigenvalue weighted by atomic mass is 16.6. The zero-order valence-corrected chi connectivity index (χ0v) is 13.6. The molecule has 1 unspecified atom stereocenters. The van der Waals surface area contributed by atoms with E-state index in [1.807, 2.05) is 25.7 Å². The summed E-state index contributed by atoms with van der Waals surface area (Å²) < 4.78 is 11.9. The Kier molecular flexibility index (Phi) is 4.17. The highest BCUT2D eigenvalue weighted by molar-refractivity contribution is 5.69. The summed E-state index contributed by atoms with van der Waals surface area (Å²) in [4.78, 5) is 14.4. The van der Waals surface area contributed by atoms with Gasteiger partial charge < -0.3 is 14.4 Å². The number of hydrogen-bond donors (Lipinski definition) is 0. The molecule has 2 heterocycles. The average Bonchev–Trinajstić information content (AvgIpc) is 2.94. The van der Waals surface area contributed by atoms with Gasteiger partial charge in [-0.3, -0.25) is 0 Å². The SMILES string of the molecule is CC(C)(C)OC(=O)N1[C@@H]2CC[C@H]1CC(OC1CCCC1)C2. The number of carbonyl (C=O) groups excluding carboxylic acids is 1. The molecule has 4 heteroatoms. The van der Waals surface area contributed by atoms with Gasteiger partial charge in [0.1, 0.15) is 5.60 Å². The van der Waals surface area contributed by atoms with Crippen LogP contribution in [-0.2, 0) is 9.47 Å². The van der Waals surface area contributed by atoms with Crippen molar-refractivity contribution in [1.82, 2.24) is 4.90 Å². The fraction of sp³-hybridized carbons (Fsp3) is 0.941. The lowest BCUT2D eigenvalue weighted by Gasteiger charge is -2.40. The maximum atomic E-state index is 12.4. The number of hydrogen-bond acceptors (Lipinski definition) is 3. The smallest absolute Gasteiger partial charge is 0.410 e. The maximum absolute atomic E-state index is 12.4. The Morgan fingerprint density at radius 1 is 0.952 bits per heavy atom. The van der Waals surface area contributed by atoms with Gasteiger partial charge in [-0.2, -0.15) is 0 Å². The molecule has 1 amide bonds. The van der Waals surface area contributed by atoms with E-state index in [0.717, 1.165) is 25.7 Å². The summed E-state index contributed by atoms with van der Waals surface area (Å²) in [5.41, 5.74) is -0.409. The summed E-state index contributed by atoms with van der Waals surface area (Å²) in [7, 11) is 0. The van der Waals surface area contributed by atoms with Gasteiger partial charge in [-0.1, -0.05) is 12.8 Å². The van der Waals surface area contributed by atoms with Gasteiger partial charge in [-0.15, -0.1) is 0 Å². The van der Waals surface area contributed by atoms with E-state index in [0.29, 0.717) is 24.3 Å². The third kappa shape index (κ3) is 3.53. The van der Waals surface area contributed by atoms with Crippen molar-refractivity contribution >= 4 is 6.09 Å². The van der Waals surface area contributed by atoms with Gasteiger partial charge in [0.05, 0.1) is 12.2 Å². The summed E-state index contributed by atoms with van der Waals surface area (Å²) in [6.45, 7) is 5.80. The normalized spacial score (nSPS) is 33.5. The van der Waals surface area contributed by atoms with Crippen molar-refractivity contribution in [1.29, 1.82) is 0 Å². The molecular formula is C17H29NO3. The lowest BCUT2D eigenvalue weighted by atomic mass is 10.00. The van der Waals surface area contributed by atoms with Crippen LogP contribution in [-0.4, -0.2) is 40.9 Å². The van der Waals surface area contributed by atoms with E-state index in [2.05, 4.69) is 0 Å². The molecule has 3 rings (SSSR count). The van der Waals surface area contributed by atoms with E-state index in [9.17, 15) is 4.79 Å². The van der Waals surface area contributed by atoms with Crippen LogP contribution in [0.4, 0.5) is 4.79 Å². The predicted octanol–water partition coefficient (Wildman–Crippen LogP) is 3.88. The van der Waals surface area contributed by atoms with Crippen molar-refractivity contribution in [2.24, 2.45) is 0 Å². The van der Waals surface area contributed by atoms with Crippen LogP contribution >= 0.6 is 0 Å². The van der Waals surface area contributed by atoms with Crippen molar-refractivity contribution in [3.8, 4) is 0 Å². The Labute approximate surface area is 128 Å². The van der Waals surface area contributed by atoms with Crippen molar-refractivity contribution in [3.05, 3.63) is 0 Å². The molecule has 2 saturated heterocycles.